The highest BCUT2D eigenvalue weighted by Crippen LogP contribution is 2.19. The Morgan fingerprint density at radius 1 is 1.00 bits per heavy atom. The normalized spacial score (nSPS) is 14.5. The molecule has 1 fully saturated rings. The van der Waals surface area contributed by atoms with Crippen molar-refractivity contribution in [2.45, 2.75) is 24.2 Å². The summed E-state index contributed by atoms with van der Waals surface area (Å²) in [5.41, 5.74) is 1.05. The Morgan fingerprint density at radius 3 is 2.27 bits per heavy atom. The van der Waals surface area contributed by atoms with Gasteiger partial charge in [0.1, 0.15) is 0 Å². The number of halogens is 2. The van der Waals surface area contributed by atoms with Crippen molar-refractivity contribution in [1.29, 1.82) is 0 Å². The topological polar surface area (TPSA) is 66.5 Å². The van der Waals surface area contributed by atoms with Crippen LogP contribution in [0.25, 0.3) is 0 Å². The number of hydrogen-bond acceptors (Lipinski definition) is 3. The summed E-state index contributed by atoms with van der Waals surface area (Å²) in [7, 11) is -4.03. The van der Waals surface area contributed by atoms with Crippen LogP contribution in [-0.2, 0) is 21.2 Å². The van der Waals surface area contributed by atoms with E-state index in [1.54, 1.807) is 12.1 Å². The van der Waals surface area contributed by atoms with E-state index in [9.17, 15) is 22.0 Å². The molecule has 1 aliphatic heterocycles. The third-order valence-electron chi connectivity index (χ3n) is 4.22. The molecule has 1 amide bonds. The van der Waals surface area contributed by atoms with Gasteiger partial charge < -0.3 is 4.90 Å². The van der Waals surface area contributed by atoms with E-state index in [2.05, 4.69) is 4.72 Å². The number of benzene rings is 2. The summed E-state index contributed by atoms with van der Waals surface area (Å²) in [4.78, 5) is 13.6. The van der Waals surface area contributed by atoms with E-state index >= 15 is 0 Å². The molecule has 1 saturated heterocycles. The molecule has 0 unspecified atom stereocenters. The maximum absolute atomic E-state index is 13.2. The predicted octanol–water partition coefficient (Wildman–Crippen LogP) is 2.93. The summed E-state index contributed by atoms with van der Waals surface area (Å²) < 4.78 is 53.0. The number of carbonyl (C=O) groups excluding carboxylic acids is 1. The van der Waals surface area contributed by atoms with E-state index in [0.29, 0.717) is 6.07 Å². The first-order valence-electron chi connectivity index (χ1n) is 8.20. The molecule has 26 heavy (non-hydrogen) atoms. The number of nitrogens with zero attached hydrogens (tertiary/aromatic N) is 1. The van der Waals surface area contributed by atoms with Crippen LogP contribution < -0.4 is 4.72 Å². The van der Waals surface area contributed by atoms with Crippen LogP contribution in [0.2, 0.25) is 0 Å². The fraction of sp³-hybridized carbons (Fsp3) is 0.278. The predicted molar refractivity (Wildman–Crippen MR) is 93.1 cm³/mol. The van der Waals surface area contributed by atoms with Gasteiger partial charge in [0.05, 0.1) is 11.3 Å². The molecule has 8 heteroatoms. The molecule has 0 aliphatic carbocycles. The van der Waals surface area contributed by atoms with Crippen LogP contribution in [-0.4, -0.2) is 32.3 Å². The first-order chi connectivity index (χ1) is 12.3. The van der Waals surface area contributed by atoms with Crippen molar-refractivity contribution in [2.24, 2.45) is 0 Å². The first-order valence-corrected chi connectivity index (χ1v) is 9.68. The first kappa shape index (κ1) is 18.3. The third kappa shape index (κ3) is 4.19. The summed E-state index contributed by atoms with van der Waals surface area (Å²) in [5, 5.41) is 0. The molecule has 0 aromatic heterocycles. The summed E-state index contributed by atoms with van der Waals surface area (Å²) in [6, 6.07) is 8.77. The lowest BCUT2D eigenvalue weighted by molar-refractivity contribution is -0.129. The van der Waals surface area contributed by atoms with Gasteiger partial charge in [0.15, 0.2) is 11.6 Å². The monoisotopic (exact) mass is 380 g/mol. The lowest BCUT2D eigenvalue weighted by atomic mass is 10.1. The minimum atomic E-state index is -4.03. The van der Waals surface area contributed by atoms with Gasteiger partial charge in [-0.05, 0) is 48.7 Å². The molecule has 3 rings (SSSR count). The van der Waals surface area contributed by atoms with Gasteiger partial charge in [-0.1, -0.05) is 12.1 Å². The van der Waals surface area contributed by atoms with Crippen molar-refractivity contribution < 1.29 is 22.0 Å². The van der Waals surface area contributed by atoms with E-state index in [-0.39, 0.29) is 22.9 Å². The number of likely N-dealkylation sites (tertiary alicyclic amines) is 1. The van der Waals surface area contributed by atoms with Crippen LogP contribution in [0.3, 0.4) is 0 Å². The Kier molecular flexibility index (Phi) is 5.22. The van der Waals surface area contributed by atoms with Crippen LogP contribution in [0.15, 0.2) is 47.4 Å². The summed E-state index contributed by atoms with van der Waals surface area (Å²) >= 11 is 0. The van der Waals surface area contributed by atoms with E-state index in [0.717, 1.165) is 43.6 Å². The average Bonchev–Trinajstić information content (AvgIpc) is 3.13. The van der Waals surface area contributed by atoms with E-state index in [4.69, 9.17) is 0 Å². The average molecular weight is 380 g/mol. The number of amides is 1. The smallest absolute Gasteiger partial charge is 0.261 e. The van der Waals surface area contributed by atoms with Crippen molar-refractivity contribution in [3.05, 3.63) is 59.7 Å². The molecule has 0 spiro atoms. The maximum atomic E-state index is 13.2. The maximum Gasteiger partial charge on any atom is 0.261 e. The SMILES string of the molecule is O=C(Cc1ccc(NS(=O)(=O)c2ccc(F)c(F)c2)cc1)N1CCCC1. The number of rotatable bonds is 5. The second-order valence-electron chi connectivity index (χ2n) is 6.14. The van der Waals surface area contributed by atoms with Crippen LogP contribution in [0, 0.1) is 11.6 Å². The molecule has 1 aliphatic rings. The summed E-state index contributed by atoms with van der Waals surface area (Å²) in [5.74, 6) is -2.29. The molecule has 138 valence electrons. The van der Waals surface area contributed by atoms with Crippen LogP contribution in [0.5, 0.6) is 0 Å². The van der Waals surface area contributed by atoms with Gasteiger partial charge in [-0.25, -0.2) is 17.2 Å². The Bertz CT molecular complexity index is 909. The molecule has 2 aromatic rings. The third-order valence-corrected chi connectivity index (χ3v) is 5.60. The summed E-state index contributed by atoms with van der Waals surface area (Å²) in [6.07, 6.45) is 2.31. The van der Waals surface area contributed by atoms with Crippen molar-refractivity contribution in [2.75, 3.05) is 17.8 Å². The van der Waals surface area contributed by atoms with Crippen LogP contribution in [0.4, 0.5) is 14.5 Å². The molecule has 1 heterocycles. The van der Waals surface area contributed by atoms with Gasteiger partial charge in [-0.3, -0.25) is 9.52 Å². The Morgan fingerprint density at radius 2 is 1.65 bits per heavy atom. The molecule has 0 bridgehead atoms. The second-order valence-corrected chi connectivity index (χ2v) is 7.83. The molecule has 1 N–H and O–H groups in total. The fourth-order valence-electron chi connectivity index (χ4n) is 2.80. The number of sulfonamides is 1. The number of carbonyl (C=O) groups is 1. The minimum absolute atomic E-state index is 0.0534. The fourth-order valence-corrected chi connectivity index (χ4v) is 3.87. The van der Waals surface area contributed by atoms with E-state index in [1.165, 1.54) is 12.1 Å². The Hall–Kier alpha value is -2.48. The molecule has 5 nitrogen and oxygen atoms in total. The van der Waals surface area contributed by atoms with Gasteiger partial charge >= 0.3 is 0 Å². The van der Waals surface area contributed by atoms with Crippen molar-refractivity contribution in [1.82, 2.24) is 4.90 Å². The van der Waals surface area contributed by atoms with Crippen LogP contribution >= 0.6 is 0 Å². The van der Waals surface area contributed by atoms with E-state index in [1.807, 2.05) is 4.90 Å². The quantitative estimate of drug-likeness (QED) is 0.867. The highest BCUT2D eigenvalue weighted by atomic mass is 32.2. The highest BCUT2D eigenvalue weighted by Gasteiger charge is 2.19. The number of hydrogen-bond donors (Lipinski definition) is 1. The van der Waals surface area contributed by atoms with Gasteiger partial charge in [0, 0.05) is 18.8 Å². The van der Waals surface area contributed by atoms with Gasteiger partial charge in [-0.15, -0.1) is 0 Å². The molecular weight excluding hydrogens is 362 g/mol. The van der Waals surface area contributed by atoms with E-state index < -0.39 is 21.7 Å². The molecular formula is C18H18F2N2O3S. The number of nitrogens with one attached hydrogen (secondary N) is 1. The molecule has 0 atom stereocenters. The molecule has 0 radical (unpaired) electrons. The zero-order chi connectivity index (χ0) is 18.7. The van der Waals surface area contributed by atoms with Gasteiger partial charge in [0.2, 0.25) is 5.91 Å². The number of anilines is 1. The Labute approximate surface area is 150 Å². The van der Waals surface area contributed by atoms with Gasteiger partial charge in [-0.2, -0.15) is 0 Å². The van der Waals surface area contributed by atoms with Gasteiger partial charge in [0.25, 0.3) is 10.0 Å². The highest BCUT2D eigenvalue weighted by molar-refractivity contribution is 7.92. The second kappa shape index (κ2) is 7.41. The largest absolute Gasteiger partial charge is 0.342 e. The standard InChI is InChI=1S/C18H18F2N2O3S/c19-16-8-7-15(12-17(16)20)26(24,25)21-14-5-3-13(4-6-14)11-18(23)22-9-1-2-10-22/h3-8,12,21H,1-2,9-11H2. The minimum Gasteiger partial charge on any atom is -0.342 e. The summed E-state index contributed by atoms with van der Waals surface area (Å²) in [6.45, 7) is 1.57. The zero-order valence-corrected chi connectivity index (χ0v) is 14.7. The van der Waals surface area contributed by atoms with Crippen LogP contribution in [0.1, 0.15) is 18.4 Å². The van der Waals surface area contributed by atoms with Crippen molar-refractivity contribution in [3.8, 4) is 0 Å². The lowest BCUT2D eigenvalue weighted by Gasteiger charge is -2.15. The zero-order valence-electron chi connectivity index (χ0n) is 13.9. The molecule has 2 aromatic carbocycles. The Balaban J connectivity index is 1.68. The van der Waals surface area contributed by atoms with Crippen molar-refractivity contribution >= 4 is 21.6 Å². The lowest BCUT2D eigenvalue weighted by Crippen LogP contribution is -2.29. The van der Waals surface area contributed by atoms with Crippen molar-refractivity contribution in [3.63, 3.8) is 0 Å². The molecule has 0 saturated carbocycles.